The number of carboxylic acid groups (broad SMARTS) is 1. The van der Waals surface area contributed by atoms with E-state index >= 15 is 0 Å². The second-order valence-electron chi connectivity index (χ2n) is 11.3. The number of nitrogens with one attached hydrogen (secondary N) is 2. The molecule has 1 aliphatic carbocycles. The van der Waals surface area contributed by atoms with Crippen molar-refractivity contribution < 1.29 is 33.8 Å². The van der Waals surface area contributed by atoms with Crippen LogP contribution in [0.2, 0.25) is 0 Å². The first-order valence-corrected chi connectivity index (χ1v) is 15.8. The number of hydrogen-bond donors (Lipinski definition) is 3. The number of hydrogen-bond acceptors (Lipinski definition) is 7. The molecule has 4 aromatic rings. The summed E-state index contributed by atoms with van der Waals surface area (Å²) in [5.41, 5.74) is 7.47. The zero-order valence-electron chi connectivity index (χ0n) is 26.9. The van der Waals surface area contributed by atoms with Crippen LogP contribution in [0.5, 0.6) is 0 Å². The number of aryl methyl sites for hydroxylation is 1. The number of carbonyl (C=O) groups excluding carboxylic acids is 3. The van der Waals surface area contributed by atoms with Gasteiger partial charge in [-0.05, 0) is 45.9 Å². The van der Waals surface area contributed by atoms with Crippen molar-refractivity contribution >= 4 is 29.6 Å². The molecule has 3 N–H and O–H groups in total. The lowest BCUT2D eigenvalue weighted by atomic mass is 9.98. The van der Waals surface area contributed by atoms with E-state index in [1.807, 2.05) is 72.8 Å². The Bertz CT molecular complexity index is 1760. The zero-order chi connectivity index (χ0) is 34.0. The zero-order valence-corrected chi connectivity index (χ0v) is 26.9. The largest absolute Gasteiger partial charge is 0.480 e. The van der Waals surface area contributed by atoms with Gasteiger partial charge in [-0.2, -0.15) is 0 Å². The molecule has 0 saturated heterocycles. The Labute approximate surface area is 278 Å². The molecule has 3 amide bonds. The van der Waals surface area contributed by atoms with E-state index in [1.54, 1.807) is 12.3 Å². The number of benzene rings is 3. The molecule has 1 aliphatic rings. The molecular weight excluding hydrogens is 612 g/mol. The molecule has 248 valence electrons. The van der Waals surface area contributed by atoms with Gasteiger partial charge in [0.05, 0.1) is 18.9 Å². The maximum atomic E-state index is 13.0. The molecule has 0 spiro atoms. The number of ether oxygens (including phenoxy) is 2. The number of carbonyl (C=O) groups is 4. The minimum atomic E-state index is -1.18. The van der Waals surface area contributed by atoms with Crippen LogP contribution in [0, 0.1) is 0 Å². The number of anilines is 1. The summed E-state index contributed by atoms with van der Waals surface area (Å²) in [6.07, 6.45) is 1.71. The van der Waals surface area contributed by atoms with E-state index in [-0.39, 0.29) is 56.1 Å². The summed E-state index contributed by atoms with van der Waals surface area (Å²) in [5.74, 6) is -2.17. The molecule has 5 rings (SSSR count). The van der Waals surface area contributed by atoms with E-state index in [9.17, 15) is 24.3 Å². The maximum absolute atomic E-state index is 13.0. The fourth-order valence-electron chi connectivity index (χ4n) is 5.74. The predicted octanol–water partition coefficient (Wildman–Crippen LogP) is 5.35. The molecule has 1 heterocycles. The molecule has 0 radical (unpaired) electrons. The number of aliphatic carboxylic acids is 1. The van der Waals surface area contributed by atoms with Crippen LogP contribution in [0.3, 0.4) is 0 Å². The Morgan fingerprint density at radius 3 is 2.27 bits per heavy atom. The summed E-state index contributed by atoms with van der Waals surface area (Å²) in [4.78, 5) is 54.7. The smallest absolute Gasteiger partial charge is 0.410 e. The highest BCUT2D eigenvalue weighted by Gasteiger charge is 2.30. The summed E-state index contributed by atoms with van der Waals surface area (Å²) < 4.78 is 11.2. The van der Waals surface area contributed by atoms with E-state index in [2.05, 4.69) is 22.5 Å². The van der Waals surface area contributed by atoms with Crippen LogP contribution in [0.25, 0.3) is 22.3 Å². The van der Waals surface area contributed by atoms with Crippen LogP contribution in [-0.2, 0) is 25.5 Å². The predicted molar refractivity (Wildman–Crippen MR) is 181 cm³/mol. The van der Waals surface area contributed by atoms with Crippen molar-refractivity contribution in [2.45, 2.75) is 26.2 Å². The number of pyridine rings is 1. The van der Waals surface area contributed by atoms with E-state index in [0.29, 0.717) is 0 Å². The second-order valence-corrected chi connectivity index (χ2v) is 11.3. The third-order valence-electron chi connectivity index (χ3n) is 8.04. The molecule has 0 atom stereocenters. The van der Waals surface area contributed by atoms with Crippen LogP contribution in [0.1, 0.15) is 46.9 Å². The lowest BCUT2D eigenvalue weighted by Crippen LogP contribution is -2.39. The average molecular weight is 651 g/mol. The van der Waals surface area contributed by atoms with Gasteiger partial charge >= 0.3 is 12.1 Å². The van der Waals surface area contributed by atoms with Crippen molar-refractivity contribution in [3.8, 4) is 22.3 Å². The Morgan fingerprint density at radius 1 is 0.896 bits per heavy atom. The molecule has 48 heavy (non-hydrogen) atoms. The summed E-state index contributed by atoms with van der Waals surface area (Å²) in [6, 6.07) is 25.6. The maximum Gasteiger partial charge on any atom is 0.410 e. The Balaban J connectivity index is 1.12. The first-order chi connectivity index (χ1) is 23.2. The van der Waals surface area contributed by atoms with Gasteiger partial charge in [-0.25, -0.2) is 9.78 Å². The van der Waals surface area contributed by atoms with E-state index < -0.39 is 24.5 Å². The number of aromatic nitrogens is 1. The SMILES string of the molecule is CCc1cccc(-c2cnc(C(=O)NCCOCCN(CC(=O)O)C(=O)OCC3c4ccccc4-c4ccccc43)c(NC(C)=O)c2)c1. The third kappa shape index (κ3) is 8.23. The minimum Gasteiger partial charge on any atom is -0.480 e. The first-order valence-electron chi connectivity index (χ1n) is 15.8. The van der Waals surface area contributed by atoms with Crippen molar-refractivity contribution in [1.82, 2.24) is 15.2 Å². The van der Waals surface area contributed by atoms with Gasteiger partial charge in [-0.3, -0.25) is 19.3 Å². The Kier molecular flexibility index (Phi) is 11.1. The number of rotatable bonds is 14. The third-order valence-corrected chi connectivity index (χ3v) is 8.04. The van der Waals surface area contributed by atoms with Gasteiger partial charge in [0.1, 0.15) is 13.2 Å². The summed E-state index contributed by atoms with van der Waals surface area (Å²) >= 11 is 0. The highest BCUT2D eigenvalue weighted by atomic mass is 16.6. The van der Waals surface area contributed by atoms with Crippen LogP contribution in [-0.4, -0.2) is 78.3 Å². The van der Waals surface area contributed by atoms with E-state index in [1.165, 1.54) is 6.92 Å². The molecule has 0 unspecified atom stereocenters. The fraction of sp³-hybridized carbons (Fsp3) is 0.270. The first kappa shape index (κ1) is 33.8. The van der Waals surface area contributed by atoms with Crippen LogP contribution < -0.4 is 10.6 Å². The van der Waals surface area contributed by atoms with Gasteiger partial charge in [0.2, 0.25) is 5.91 Å². The van der Waals surface area contributed by atoms with Gasteiger partial charge in [0.15, 0.2) is 5.69 Å². The molecule has 11 heteroatoms. The Hall–Kier alpha value is -5.55. The Morgan fingerprint density at radius 2 is 1.60 bits per heavy atom. The van der Waals surface area contributed by atoms with Crippen molar-refractivity contribution in [1.29, 1.82) is 0 Å². The van der Waals surface area contributed by atoms with Crippen molar-refractivity contribution in [3.05, 3.63) is 107 Å². The van der Waals surface area contributed by atoms with Crippen molar-refractivity contribution in [2.75, 3.05) is 44.8 Å². The monoisotopic (exact) mass is 650 g/mol. The molecule has 0 aliphatic heterocycles. The summed E-state index contributed by atoms with van der Waals surface area (Å²) in [7, 11) is 0. The number of nitrogens with zero attached hydrogens (tertiary/aromatic N) is 2. The minimum absolute atomic E-state index is 0.0220. The highest BCUT2D eigenvalue weighted by Crippen LogP contribution is 2.44. The molecular formula is C37H38N4O7. The average Bonchev–Trinajstić information content (AvgIpc) is 3.41. The van der Waals surface area contributed by atoms with Crippen LogP contribution in [0.15, 0.2) is 85.1 Å². The molecule has 11 nitrogen and oxygen atoms in total. The molecule has 3 aromatic carbocycles. The van der Waals surface area contributed by atoms with Crippen molar-refractivity contribution in [3.63, 3.8) is 0 Å². The van der Waals surface area contributed by atoms with Crippen molar-refractivity contribution in [2.24, 2.45) is 0 Å². The molecule has 0 saturated carbocycles. The lowest BCUT2D eigenvalue weighted by Gasteiger charge is -2.22. The normalized spacial score (nSPS) is 11.7. The van der Waals surface area contributed by atoms with Gasteiger partial charge < -0.3 is 25.2 Å². The van der Waals surface area contributed by atoms with Gasteiger partial charge in [0.25, 0.3) is 5.91 Å². The lowest BCUT2D eigenvalue weighted by molar-refractivity contribution is -0.138. The molecule has 1 aromatic heterocycles. The van der Waals surface area contributed by atoms with Crippen LogP contribution >= 0.6 is 0 Å². The number of fused-ring (bicyclic) bond motifs is 3. The topological polar surface area (TPSA) is 147 Å². The summed E-state index contributed by atoms with van der Waals surface area (Å²) in [5, 5.41) is 14.8. The quantitative estimate of drug-likeness (QED) is 0.155. The molecule has 0 bridgehead atoms. The van der Waals surface area contributed by atoms with E-state index in [4.69, 9.17) is 9.47 Å². The summed E-state index contributed by atoms with van der Waals surface area (Å²) in [6.45, 7) is 3.15. The van der Waals surface area contributed by atoms with E-state index in [0.717, 1.165) is 50.3 Å². The van der Waals surface area contributed by atoms with Gasteiger partial charge in [-0.15, -0.1) is 0 Å². The standard InChI is InChI=1S/C37H38N4O7/c1-3-25-9-8-10-26(19-25)27-20-33(40-24(2)42)35(39-21-27)36(45)38-15-17-47-18-16-41(22-34(43)44)37(46)48-23-32-30-13-6-4-11-28(30)29-12-5-7-14-31(29)32/h4-14,19-21,32H,3,15-18,22-23H2,1-2H3,(H,38,45)(H,40,42)(H,43,44). The fourth-order valence-corrected chi connectivity index (χ4v) is 5.74. The highest BCUT2D eigenvalue weighted by molar-refractivity contribution is 6.02. The van der Waals surface area contributed by atoms with Crippen LogP contribution in [0.4, 0.5) is 10.5 Å². The number of amides is 3. The van der Waals surface area contributed by atoms with Gasteiger partial charge in [-0.1, -0.05) is 79.7 Å². The molecule has 0 fully saturated rings. The van der Waals surface area contributed by atoms with Gasteiger partial charge in [0, 0.05) is 37.7 Å². The number of carboxylic acids is 1. The second kappa shape index (κ2) is 15.8.